The van der Waals surface area contributed by atoms with Crippen LogP contribution in [0.25, 0.3) is 5.70 Å². The average Bonchev–Trinajstić information content (AvgIpc) is 2.91. The van der Waals surface area contributed by atoms with Crippen LogP contribution in [-0.2, 0) is 17.5 Å². The lowest BCUT2D eigenvalue weighted by molar-refractivity contribution is 0.175. The van der Waals surface area contributed by atoms with E-state index in [4.69, 9.17) is 16.9 Å². The van der Waals surface area contributed by atoms with Crippen molar-refractivity contribution in [3.05, 3.63) is 83.0 Å². The minimum atomic E-state index is -2.78. The summed E-state index contributed by atoms with van der Waals surface area (Å²) in [5.74, 6) is 1.06. The number of allylic oxidation sites excluding steroid dienone is 1. The molecule has 1 unspecified atom stereocenters. The highest BCUT2D eigenvalue weighted by atomic mass is 35.5. The summed E-state index contributed by atoms with van der Waals surface area (Å²) in [5, 5.41) is 8.72. The molecule has 4 rings (SSSR count). The van der Waals surface area contributed by atoms with Crippen LogP contribution in [0.3, 0.4) is 0 Å². The van der Waals surface area contributed by atoms with Gasteiger partial charge in [-0.2, -0.15) is 0 Å². The van der Waals surface area contributed by atoms with Gasteiger partial charge in [-0.05, 0) is 68.9 Å². The van der Waals surface area contributed by atoms with Crippen molar-refractivity contribution in [2.75, 3.05) is 17.4 Å². The van der Waals surface area contributed by atoms with Crippen molar-refractivity contribution < 1.29 is 21.8 Å². The van der Waals surface area contributed by atoms with Crippen molar-refractivity contribution in [2.45, 2.75) is 49.7 Å². The van der Waals surface area contributed by atoms with E-state index in [9.17, 15) is 17.4 Å². The molecular formula is C27H29BClF4N5OS. The van der Waals surface area contributed by atoms with Crippen LogP contribution in [0.4, 0.5) is 23.2 Å². The number of anilines is 1. The zero-order valence-electron chi connectivity index (χ0n) is 21.7. The Hall–Kier alpha value is -3.01. The summed E-state index contributed by atoms with van der Waals surface area (Å²) in [4.78, 5) is 2.34. The van der Waals surface area contributed by atoms with E-state index >= 15 is 4.39 Å². The first-order chi connectivity index (χ1) is 19.1. The van der Waals surface area contributed by atoms with Crippen molar-refractivity contribution in [1.82, 2.24) is 15.8 Å². The molecular weight excluding hydrogens is 565 g/mol. The zero-order chi connectivity index (χ0) is 29.0. The van der Waals surface area contributed by atoms with E-state index in [0.717, 1.165) is 25.7 Å². The van der Waals surface area contributed by atoms with Gasteiger partial charge in [0.25, 0.3) is 13.1 Å². The summed E-state index contributed by atoms with van der Waals surface area (Å²) < 4.78 is 69.8. The SMILES string of the molecule is C=C(NNC(=C)C(F)F)c1ccc(CN(c2ccc(F)c(Cl)c2)S(=O)C2CCN(C3CB(C#N)C3)CC2)c(F)c1. The summed E-state index contributed by atoms with van der Waals surface area (Å²) in [6.45, 7) is 8.45. The highest BCUT2D eigenvalue weighted by molar-refractivity contribution is 7.87. The lowest BCUT2D eigenvalue weighted by Gasteiger charge is -2.43. The van der Waals surface area contributed by atoms with E-state index in [0.29, 0.717) is 30.1 Å². The summed E-state index contributed by atoms with van der Waals surface area (Å²) in [5.41, 5.74) is 5.23. The van der Waals surface area contributed by atoms with Gasteiger partial charge in [0.2, 0.25) is 0 Å². The van der Waals surface area contributed by atoms with Gasteiger partial charge >= 0.3 is 0 Å². The fraction of sp³-hybridized carbons (Fsp3) is 0.370. The summed E-state index contributed by atoms with van der Waals surface area (Å²) in [6, 6.07) is 8.66. The van der Waals surface area contributed by atoms with Gasteiger partial charge in [-0.1, -0.05) is 36.9 Å². The zero-order valence-corrected chi connectivity index (χ0v) is 23.3. The molecule has 2 heterocycles. The lowest BCUT2D eigenvalue weighted by Crippen LogP contribution is -2.52. The number of likely N-dealkylation sites (tertiary alicyclic amines) is 1. The number of nitrogens with zero attached hydrogens (tertiary/aromatic N) is 3. The highest BCUT2D eigenvalue weighted by Crippen LogP contribution is 2.33. The van der Waals surface area contributed by atoms with Crippen molar-refractivity contribution >= 4 is 40.7 Å². The molecule has 0 aromatic heterocycles. The predicted octanol–water partition coefficient (Wildman–Crippen LogP) is 5.54. The number of rotatable bonds is 11. The molecule has 0 bridgehead atoms. The number of nitriles is 1. The van der Waals surface area contributed by atoms with Gasteiger partial charge in [-0.15, -0.1) is 0 Å². The van der Waals surface area contributed by atoms with Crippen LogP contribution >= 0.6 is 11.6 Å². The smallest absolute Gasteiger partial charge is 0.279 e. The second kappa shape index (κ2) is 13.1. The number of alkyl halides is 2. The molecule has 40 heavy (non-hydrogen) atoms. The lowest BCUT2D eigenvalue weighted by atomic mass is 9.34. The maximum atomic E-state index is 15.2. The number of benzene rings is 2. The number of halogens is 5. The van der Waals surface area contributed by atoms with Gasteiger partial charge in [-0.3, -0.25) is 9.73 Å². The second-order valence-electron chi connectivity index (χ2n) is 9.96. The van der Waals surface area contributed by atoms with Gasteiger partial charge < -0.3 is 10.3 Å². The fourth-order valence-electron chi connectivity index (χ4n) is 4.81. The summed E-state index contributed by atoms with van der Waals surface area (Å²) in [7, 11) is -1.58. The molecule has 0 radical (unpaired) electrons. The van der Waals surface area contributed by atoms with Gasteiger partial charge in [0, 0.05) is 17.1 Å². The van der Waals surface area contributed by atoms with Crippen LogP contribution in [0, 0.1) is 22.9 Å². The van der Waals surface area contributed by atoms with Crippen LogP contribution in [0.1, 0.15) is 24.0 Å². The molecule has 2 aliphatic heterocycles. The van der Waals surface area contributed by atoms with Crippen molar-refractivity contribution in [3.8, 4) is 5.97 Å². The van der Waals surface area contributed by atoms with Gasteiger partial charge in [-0.25, -0.2) is 27.0 Å². The molecule has 0 spiro atoms. The number of piperidine rings is 1. The molecule has 1 atom stereocenters. The molecule has 0 amide bonds. The molecule has 0 saturated carbocycles. The van der Waals surface area contributed by atoms with Crippen molar-refractivity contribution in [3.63, 3.8) is 0 Å². The minimum Gasteiger partial charge on any atom is -0.302 e. The Kier molecular flexibility index (Phi) is 9.82. The Balaban J connectivity index is 1.48. The maximum Gasteiger partial charge on any atom is 0.279 e. The van der Waals surface area contributed by atoms with Crippen molar-refractivity contribution in [2.24, 2.45) is 0 Å². The number of nitrogens with one attached hydrogen (secondary N) is 2. The fourth-order valence-corrected chi connectivity index (χ4v) is 6.55. The molecule has 0 aliphatic carbocycles. The van der Waals surface area contributed by atoms with E-state index < -0.39 is 34.7 Å². The van der Waals surface area contributed by atoms with Gasteiger partial charge in [0.05, 0.1) is 33.9 Å². The van der Waals surface area contributed by atoms with E-state index in [-0.39, 0.29) is 34.8 Å². The topological polar surface area (TPSA) is 71.4 Å². The molecule has 13 heteroatoms. The van der Waals surface area contributed by atoms with E-state index in [1.54, 1.807) is 6.07 Å². The van der Waals surface area contributed by atoms with E-state index in [1.807, 2.05) is 0 Å². The Labute approximate surface area is 239 Å². The Morgan fingerprint density at radius 3 is 2.45 bits per heavy atom. The summed E-state index contributed by atoms with van der Waals surface area (Å²) in [6.07, 6.45) is 0.260. The molecule has 2 aliphatic rings. The Morgan fingerprint density at radius 2 is 1.85 bits per heavy atom. The third kappa shape index (κ3) is 7.00. The Morgan fingerprint density at radius 1 is 1.15 bits per heavy atom. The molecule has 212 valence electrons. The molecule has 2 fully saturated rings. The normalized spacial score (nSPS) is 17.2. The quantitative estimate of drug-likeness (QED) is 0.204. The average molecular weight is 594 g/mol. The molecule has 2 saturated heterocycles. The predicted molar refractivity (Wildman–Crippen MR) is 152 cm³/mol. The van der Waals surface area contributed by atoms with Gasteiger partial charge in [0.15, 0.2) is 0 Å². The van der Waals surface area contributed by atoms with Crippen LogP contribution in [0.5, 0.6) is 0 Å². The van der Waals surface area contributed by atoms with Crippen molar-refractivity contribution in [1.29, 1.82) is 5.26 Å². The monoisotopic (exact) mass is 593 g/mol. The Bertz CT molecular complexity index is 1330. The molecule has 6 nitrogen and oxygen atoms in total. The van der Waals surface area contributed by atoms with E-state index in [1.165, 1.54) is 34.6 Å². The van der Waals surface area contributed by atoms with Crippen LogP contribution < -0.4 is 15.2 Å². The third-order valence-electron chi connectivity index (χ3n) is 7.34. The number of hydrogen-bond donors (Lipinski definition) is 2. The first-order valence-corrected chi connectivity index (χ1v) is 14.4. The molecule has 2 N–H and O–H groups in total. The summed E-state index contributed by atoms with van der Waals surface area (Å²) >= 11 is 6.03. The maximum absolute atomic E-state index is 15.2. The van der Waals surface area contributed by atoms with Crippen LogP contribution in [-0.4, -0.2) is 46.6 Å². The van der Waals surface area contributed by atoms with Crippen LogP contribution in [0.15, 0.2) is 55.3 Å². The second-order valence-corrected chi connectivity index (χ2v) is 12.0. The van der Waals surface area contributed by atoms with Gasteiger partial charge in [0.1, 0.15) is 22.6 Å². The number of hydrazine groups is 1. The first kappa shape index (κ1) is 30.0. The molecule has 2 aromatic rings. The van der Waals surface area contributed by atoms with Crippen LogP contribution in [0.2, 0.25) is 17.7 Å². The third-order valence-corrected chi connectivity index (χ3v) is 9.44. The number of hydrogen-bond acceptors (Lipinski definition) is 5. The van der Waals surface area contributed by atoms with E-state index in [2.05, 4.69) is 34.9 Å². The molecule has 2 aromatic carbocycles. The standard InChI is InChI=1S/C27H29BClF4N5OS/c1-17(35-36-18(2)27(32)33)19-3-4-20(26(31)11-19)15-38(21-5-6-25(30)24(29)12-21)40(39)23-7-9-37(10-8-23)22-13-28(14-22)16-34/h3-6,11-12,22-23,27,35-36H,1-2,7-10,13-15H2. The minimum absolute atomic E-state index is 0.0757. The highest BCUT2D eigenvalue weighted by Gasteiger charge is 2.39. The largest absolute Gasteiger partial charge is 0.302 e. The first-order valence-electron chi connectivity index (χ1n) is 12.8.